The highest BCUT2D eigenvalue weighted by Crippen LogP contribution is 2.18. The van der Waals surface area contributed by atoms with Gasteiger partial charge in [0.2, 0.25) is 0 Å². The summed E-state index contributed by atoms with van der Waals surface area (Å²) in [5, 5.41) is 14.3. The van der Waals surface area contributed by atoms with Crippen molar-refractivity contribution < 1.29 is 17.5 Å². The maximum absolute atomic E-state index is 11.9. The Morgan fingerprint density at radius 1 is 1.20 bits per heavy atom. The molecular weight excluding hydrogens is 302 g/mol. The zero-order valence-electron chi connectivity index (χ0n) is 10.3. The van der Waals surface area contributed by atoms with E-state index in [2.05, 4.69) is 0 Å². The number of hydrogen-bond donors (Lipinski definition) is 0. The van der Waals surface area contributed by atoms with E-state index in [-0.39, 0.29) is 17.2 Å². The van der Waals surface area contributed by atoms with Crippen molar-refractivity contribution >= 4 is 27.1 Å². The fraction of sp³-hybridized carbons (Fsp3) is 0.167. The van der Waals surface area contributed by atoms with Gasteiger partial charge in [-0.3, -0.25) is 14.3 Å². The molecular formula is C12H11NO5S2. The van der Waals surface area contributed by atoms with Crippen molar-refractivity contribution in [3.05, 3.63) is 56.8 Å². The molecule has 2 rings (SSSR count). The minimum atomic E-state index is -3.88. The fourth-order valence-corrected chi connectivity index (χ4v) is 3.12. The van der Waals surface area contributed by atoms with E-state index in [1.165, 1.54) is 11.3 Å². The summed E-state index contributed by atoms with van der Waals surface area (Å²) in [5.74, 6) is 0. The summed E-state index contributed by atoms with van der Waals surface area (Å²) in [4.78, 5) is 9.81. The lowest BCUT2D eigenvalue weighted by molar-refractivity contribution is -0.384. The summed E-state index contributed by atoms with van der Waals surface area (Å²) in [7, 11) is -3.88. The third kappa shape index (κ3) is 3.62. The van der Waals surface area contributed by atoms with Crippen LogP contribution in [0.2, 0.25) is 0 Å². The predicted molar refractivity (Wildman–Crippen MR) is 74.3 cm³/mol. The Hall–Kier alpha value is -1.77. The van der Waals surface area contributed by atoms with Crippen LogP contribution >= 0.6 is 11.3 Å². The number of nitro groups is 1. The molecule has 0 N–H and O–H groups in total. The van der Waals surface area contributed by atoms with E-state index in [4.69, 9.17) is 4.18 Å². The van der Waals surface area contributed by atoms with Gasteiger partial charge in [-0.25, -0.2) is 0 Å². The standard InChI is InChI=1S/C12H11NO5S2/c14-13(15)11-1-3-12(4-2-11)20(16,17)18-7-5-10-6-8-19-9-10/h1-4,6,8-9H,5,7H2. The molecule has 1 aromatic heterocycles. The summed E-state index contributed by atoms with van der Waals surface area (Å²) in [6.07, 6.45) is 0.496. The van der Waals surface area contributed by atoms with Crippen molar-refractivity contribution in [2.45, 2.75) is 11.3 Å². The first kappa shape index (κ1) is 14.6. The number of nitrogens with zero attached hydrogens (tertiary/aromatic N) is 1. The Labute approximate surface area is 119 Å². The van der Waals surface area contributed by atoms with Gasteiger partial charge in [0, 0.05) is 12.1 Å². The van der Waals surface area contributed by atoms with E-state index in [0.29, 0.717) is 6.42 Å². The Morgan fingerprint density at radius 3 is 2.45 bits per heavy atom. The number of rotatable bonds is 6. The third-order valence-corrected chi connectivity index (χ3v) is 4.60. The molecule has 6 nitrogen and oxygen atoms in total. The van der Waals surface area contributed by atoms with Crippen LogP contribution in [0.3, 0.4) is 0 Å². The molecule has 20 heavy (non-hydrogen) atoms. The van der Waals surface area contributed by atoms with E-state index in [1.807, 2.05) is 16.8 Å². The molecule has 0 bridgehead atoms. The third-order valence-electron chi connectivity index (χ3n) is 2.55. The van der Waals surface area contributed by atoms with Gasteiger partial charge < -0.3 is 0 Å². The van der Waals surface area contributed by atoms with Crippen molar-refractivity contribution in [3.63, 3.8) is 0 Å². The Morgan fingerprint density at radius 2 is 1.90 bits per heavy atom. The summed E-state index contributed by atoms with van der Waals surface area (Å²) in [6, 6.07) is 6.49. The van der Waals surface area contributed by atoms with Gasteiger partial charge in [0.25, 0.3) is 15.8 Å². The highest BCUT2D eigenvalue weighted by atomic mass is 32.2. The average molecular weight is 313 g/mol. The van der Waals surface area contributed by atoms with Crippen LogP contribution in [0.4, 0.5) is 5.69 Å². The Bertz CT molecular complexity index is 677. The fourth-order valence-electron chi connectivity index (χ4n) is 1.51. The summed E-state index contributed by atoms with van der Waals surface area (Å²) >= 11 is 1.53. The smallest absolute Gasteiger partial charge is 0.266 e. The second-order valence-electron chi connectivity index (χ2n) is 3.91. The van der Waals surface area contributed by atoms with Gasteiger partial charge >= 0.3 is 0 Å². The minimum Gasteiger partial charge on any atom is -0.266 e. The highest BCUT2D eigenvalue weighted by molar-refractivity contribution is 7.86. The molecule has 0 radical (unpaired) electrons. The molecule has 0 spiro atoms. The first-order valence-corrected chi connectivity index (χ1v) is 7.99. The second-order valence-corrected chi connectivity index (χ2v) is 6.30. The van der Waals surface area contributed by atoms with Crippen LogP contribution in [-0.4, -0.2) is 19.9 Å². The van der Waals surface area contributed by atoms with Crippen molar-refractivity contribution in [3.8, 4) is 0 Å². The van der Waals surface area contributed by atoms with E-state index >= 15 is 0 Å². The highest BCUT2D eigenvalue weighted by Gasteiger charge is 2.16. The number of non-ortho nitro benzene ring substituents is 1. The SMILES string of the molecule is O=[N+]([O-])c1ccc(S(=O)(=O)OCCc2ccsc2)cc1. The van der Waals surface area contributed by atoms with Crippen molar-refractivity contribution in [2.24, 2.45) is 0 Å². The summed E-state index contributed by atoms with van der Waals surface area (Å²) < 4.78 is 28.6. The van der Waals surface area contributed by atoms with Crippen molar-refractivity contribution in [2.75, 3.05) is 6.61 Å². The molecule has 1 heterocycles. The average Bonchev–Trinajstić information content (AvgIpc) is 2.92. The lowest BCUT2D eigenvalue weighted by Gasteiger charge is -2.04. The summed E-state index contributed by atoms with van der Waals surface area (Å²) in [6.45, 7) is 0.0378. The van der Waals surface area contributed by atoms with E-state index < -0.39 is 15.0 Å². The molecule has 0 amide bonds. The normalized spacial score (nSPS) is 11.4. The molecule has 2 aromatic rings. The van der Waals surface area contributed by atoms with Gasteiger partial charge in [-0.2, -0.15) is 19.8 Å². The molecule has 106 valence electrons. The molecule has 1 aromatic carbocycles. The Balaban J connectivity index is 2.00. The van der Waals surface area contributed by atoms with Crippen molar-refractivity contribution in [1.82, 2.24) is 0 Å². The minimum absolute atomic E-state index is 0.0378. The van der Waals surface area contributed by atoms with Crippen LogP contribution in [0.25, 0.3) is 0 Å². The molecule has 0 fully saturated rings. The van der Waals surface area contributed by atoms with Gasteiger partial charge in [-0.15, -0.1) is 0 Å². The number of hydrogen-bond acceptors (Lipinski definition) is 6. The largest absolute Gasteiger partial charge is 0.296 e. The first-order chi connectivity index (χ1) is 9.49. The van der Waals surface area contributed by atoms with Gasteiger partial charge in [0.15, 0.2) is 0 Å². The Kier molecular flexibility index (Phi) is 4.48. The molecule has 0 aliphatic carbocycles. The van der Waals surface area contributed by atoms with Gasteiger partial charge in [-0.1, -0.05) is 0 Å². The molecule has 0 aliphatic rings. The zero-order chi connectivity index (χ0) is 14.6. The van der Waals surface area contributed by atoms with Crippen LogP contribution in [0.5, 0.6) is 0 Å². The lowest BCUT2D eigenvalue weighted by atomic mass is 10.3. The van der Waals surface area contributed by atoms with Gasteiger partial charge in [-0.05, 0) is 40.9 Å². The molecule has 0 aliphatic heterocycles. The van der Waals surface area contributed by atoms with Crippen molar-refractivity contribution in [1.29, 1.82) is 0 Å². The molecule has 0 atom stereocenters. The molecule has 0 saturated carbocycles. The van der Waals surface area contributed by atoms with Crippen LogP contribution in [0, 0.1) is 10.1 Å². The monoisotopic (exact) mass is 313 g/mol. The maximum atomic E-state index is 11.9. The molecule has 0 saturated heterocycles. The maximum Gasteiger partial charge on any atom is 0.296 e. The number of nitro benzene ring substituents is 1. The molecule has 8 heteroatoms. The zero-order valence-corrected chi connectivity index (χ0v) is 11.9. The van der Waals surface area contributed by atoms with Crippen LogP contribution < -0.4 is 0 Å². The van der Waals surface area contributed by atoms with Crippen LogP contribution in [0.1, 0.15) is 5.56 Å². The lowest BCUT2D eigenvalue weighted by Crippen LogP contribution is -2.09. The van der Waals surface area contributed by atoms with E-state index in [1.54, 1.807) is 0 Å². The first-order valence-electron chi connectivity index (χ1n) is 5.64. The number of thiophene rings is 1. The number of benzene rings is 1. The van der Waals surface area contributed by atoms with Gasteiger partial charge in [0.1, 0.15) is 0 Å². The van der Waals surface area contributed by atoms with E-state index in [0.717, 1.165) is 29.8 Å². The van der Waals surface area contributed by atoms with Crippen LogP contribution in [-0.2, 0) is 20.7 Å². The molecule has 0 unspecified atom stereocenters. The summed E-state index contributed by atoms with van der Waals surface area (Å²) in [5.41, 5.74) is 0.844. The quantitative estimate of drug-likeness (QED) is 0.465. The van der Waals surface area contributed by atoms with Crippen LogP contribution in [0.15, 0.2) is 46.0 Å². The predicted octanol–water partition coefficient (Wildman–Crippen LogP) is 2.60. The topological polar surface area (TPSA) is 86.5 Å². The second kappa shape index (κ2) is 6.12. The van der Waals surface area contributed by atoms with Gasteiger partial charge in [0.05, 0.1) is 16.4 Å². The van der Waals surface area contributed by atoms with E-state index in [9.17, 15) is 18.5 Å².